The van der Waals surface area contributed by atoms with Gasteiger partial charge in [-0.25, -0.2) is 0 Å². The van der Waals surface area contributed by atoms with Crippen LogP contribution in [0.5, 0.6) is 0 Å². The minimum atomic E-state index is -1.24. The van der Waals surface area contributed by atoms with Crippen LogP contribution in [0.1, 0.15) is 58.3 Å². The molecule has 0 aliphatic carbocycles. The fourth-order valence-electron chi connectivity index (χ4n) is 2.67. The van der Waals surface area contributed by atoms with Gasteiger partial charge in [0, 0.05) is 6.61 Å². The van der Waals surface area contributed by atoms with Crippen molar-refractivity contribution in [1.82, 2.24) is 0 Å². The van der Waals surface area contributed by atoms with Crippen molar-refractivity contribution in [3.05, 3.63) is 0 Å². The van der Waals surface area contributed by atoms with Crippen molar-refractivity contribution in [3.8, 4) is 0 Å². The van der Waals surface area contributed by atoms with Crippen LogP contribution in [-0.4, -0.2) is 64.3 Å². The molecule has 1 aliphatic rings. The van der Waals surface area contributed by atoms with Crippen molar-refractivity contribution in [1.29, 1.82) is 0 Å². The Bertz CT molecular complexity index is 275. The maximum atomic E-state index is 9.80. The molecule has 0 amide bonds. The van der Waals surface area contributed by atoms with Gasteiger partial charge >= 0.3 is 0 Å². The first-order chi connectivity index (χ1) is 10.6. The zero-order chi connectivity index (χ0) is 16.4. The van der Waals surface area contributed by atoms with Gasteiger partial charge in [-0.2, -0.15) is 0 Å². The van der Waals surface area contributed by atoms with Crippen molar-refractivity contribution >= 4 is 0 Å². The summed E-state index contributed by atoms with van der Waals surface area (Å²) < 4.78 is 10.7. The van der Waals surface area contributed by atoms with E-state index in [0.29, 0.717) is 6.61 Å². The van der Waals surface area contributed by atoms with Crippen LogP contribution in [-0.2, 0) is 9.47 Å². The molecule has 0 bridgehead atoms. The van der Waals surface area contributed by atoms with Crippen LogP contribution in [0, 0.1) is 0 Å². The highest BCUT2D eigenvalue weighted by Gasteiger charge is 2.46. The average molecular weight is 320 g/mol. The summed E-state index contributed by atoms with van der Waals surface area (Å²) >= 11 is 0. The molecule has 6 heteroatoms. The van der Waals surface area contributed by atoms with E-state index in [2.05, 4.69) is 6.92 Å². The van der Waals surface area contributed by atoms with Gasteiger partial charge in [-0.1, -0.05) is 51.9 Å². The fraction of sp³-hybridized carbons (Fsp3) is 1.00. The number of ether oxygens (including phenoxy) is 2. The van der Waals surface area contributed by atoms with Crippen LogP contribution < -0.4 is 0 Å². The lowest BCUT2D eigenvalue weighted by atomic mass is 10.1. The largest absolute Gasteiger partial charge is 0.394 e. The van der Waals surface area contributed by atoms with Crippen LogP contribution in [0.25, 0.3) is 0 Å². The minimum Gasteiger partial charge on any atom is -0.394 e. The van der Waals surface area contributed by atoms with Crippen molar-refractivity contribution in [2.24, 2.45) is 0 Å². The maximum Gasteiger partial charge on any atom is 0.186 e. The van der Waals surface area contributed by atoms with Crippen molar-refractivity contribution in [2.45, 2.75) is 89.0 Å². The third kappa shape index (κ3) is 6.48. The Kier molecular flexibility index (Phi) is 10.2. The monoisotopic (exact) mass is 320 g/mol. The lowest BCUT2D eigenvalue weighted by molar-refractivity contribution is -0.181. The van der Waals surface area contributed by atoms with Crippen molar-refractivity contribution in [2.75, 3.05) is 13.2 Å². The molecule has 0 aromatic carbocycles. The molecule has 1 heterocycles. The van der Waals surface area contributed by atoms with E-state index in [9.17, 15) is 15.3 Å². The summed E-state index contributed by atoms with van der Waals surface area (Å²) in [5.74, 6) is 0. The summed E-state index contributed by atoms with van der Waals surface area (Å²) in [5.41, 5.74) is 0. The third-order valence-corrected chi connectivity index (χ3v) is 4.10. The van der Waals surface area contributed by atoms with Crippen LogP contribution in [0.4, 0.5) is 0 Å². The number of unbranched alkanes of at least 4 members (excludes halogenated alkanes) is 7. The molecule has 5 atom stereocenters. The predicted octanol–water partition coefficient (Wildman–Crippen LogP) is 0.944. The van der Waals surface area contributed by atoms with E-state index in [1.165, 1.54) is 38.5 Å². The number of rotatable bonds is 12. The van der Waals surface area contributed by atoms with Gasteiger partial charge in [0.05, 0.1) is 6.61 Å². The molecule has 1 saturated heterocycles. The summed E-state index contributed by atoms with van der Waals surface area (Å²) in [7, 11) is 0. The second-order valence-corrected chi connectivity index (χ2v) is 6.05. The molecule has 1 rings (SSSR count). The molecule has 0 aromatic heterocycles. The Balaban J connectivity index is 2.07. The molecule has 0 unspecified atom stereocenters. The molecule has 0 spiro atoms. The summed E-state index contributed by atoms with van der Waals surface area (Å²) in [5, 5.41) is 37.9. The van der Waals surface area contributed by atoms with Crippen LogP contribution in [0.3, 0.4) is 0 Å². The highest BCUT2D eigenvalue weighted by molar-refractivity contribution is 4.90. The van der Waals surface area contributed by atoms with E-state index in [1.807, 2.05) is 0 Å². The Labute approximate surface area is 133 Å². The summed E-state index contributed by atoms with van der Waals surface area (Å²) in [6, 6.07) is 0. The number of aliphatic hydroxyl groups excluding tert-OH is 4. The summed E-state index contributed by atoms with van der Waals surface area (Å²) in [4.78, 5) is 0. The van der Waals surface area contributed by atoms with Gasteiger partial charge in [0.25, 0.3) is 0 Å². The zero-order valence-electron chi connectivity index (χ0n) is 13.6. The molecular weight excluding hydrogens is 288 g/mol. The van der Waals surface area contributed by atoms with Gasteiger partial charge in [0.1, 0.15) is 24.4 Å². The molecule has 6 nitrogen and oxygen atoms in total. The quantitative estimate of drug-likeness (QED) is 0.400. The van der Waals surface area contributed by atoms with Gasteiger partial charge in [-0.05, 0) is 6.42 Å². The van der Waals surface area contributed by atoms with E-state index in [4.69, 9.17) is 14.6 Å². The summed E-state index contributed by atoms with van der Waals surface area (Å²) in [6.45, 7) is 2.13. The normalized spacial score (nSPS) is 29.9. The molecule has 1 fully saturated rings. The van der Waals surface area contributed by atoms with Crippen molar-refractivity contribution < 1.29 is 29.9 Å². The Morgan fingerprint density at radius 1 is 0.955 bits per heavy atom. The van der Waals surface area contributed by atoms with E-state index in [-0.39, 0.29) is 0 Å². The zero-order valence-corrected chi connectivity index (χ0v) is 13.6. The second-order valence-electron chi connectivity index (χ2n) is 6.05. The van der Waals surface area contributed by atoms with E-state index < -0.39 is 37.3 Å². The van der Waals surface area contributed by atoms with Crippen LogP contribution >= 0.6 is 0 Å². The smallest absolute Gasteiger partial charge is 0.186 e. The van der Waals surface area contributed by atoms with E-state index in [1.54, 1.807) is 0 Å². The number of aliphatic hydroxyl groups is 4. The average Bonchev–Trinajstić information content (AvgIpc) is 2.81. The first kappa shape index (κ1) is 19.8. The first-order valence-corrected chi connectivity index (χ1v) is 8.54. The van der Waals surface area contributed by atoms with E-state index >= 15 is 0 Å². The highest BCUT2D eigenvalue weighted by atomic mass is 16.7. The summed E-state index contributed by atoms with van der Waals surface area (Å²) in [6.07, 6.45) is 3.92. The third-order valence-electron chi connectivity index (χ3n) is 4.10. The van der Waals surface area contributed by atoms with Crippen LogP contribution in [0.2, 0.25) is 0 Å². The maximum absolute atomic E-state index is 9.80. The molecule has 1 aliphatic heterocycles. The van der Waals surface area contributed by atoms with Gasteiger partial charge in [0.2, 0.25) is 0 Å². The van der Waals surface area contributed by atoms with Crippen molar-refractivity contribution in [3.63, 3.8) is 0 Å². The standard InChI is InChI=1S/C16H32O6/c1-2-3-4-5-6-7-8-9-10-21-16-14(20)13(19)15(22-16)12(18)11-17/h12-20H,2-11H2,1H3/t12-,13-,14-,15+,16+/m1/s1. The fourth-order valence-corrected chi connectivity index (χ4v) is 2.67. The molecular formula is C16H32O6. The van der Waals surface area contributed by atoms with Gasteiger partial charge < -0.3 is 29.9 Å². The molecule has 0 saturated carbocycles. The van der Waals surface area contributed by atoms with Gasteiger partial charge in [-0.15, -0.1) is 0 Å². The lowest BCUT2D eigenvalue weighted by Gasteiger charge is -2.18. The predicted molar refractivity (Wildman–Crippen MR) is 82.3 cm³/mol. The van der Waals surface area contributed by atoms with Gasteiger partial charge in [-0.3, -0.25) is 0 Å². The van der Waals surface area contributed by atoms with E-state index in [0.717, 1.165) is 12.8 Å². The van der Waals surface area contributed by atoms with Crippen LogP contribution in [0.15, 0.2) is 0 Å². The molecule has 0 radical (unpaired) electrons. The Hall–Kier alpha value is -0.240. The Morgan fingerprint density at radius 2 is 1.55 bits per heavy atom. The van der Waals surface area contributed by atoms with Gasteiger partial charge in [0.15, 0.2) is 6.29 Å². The minimum absolute atomic E-state index is 0.450. The highest BCUT2D eigenvalue weighted by Crippen LogP contribution is 2.24. The first-order valence-electron chi connectivity index (χ1n) is 8.54. The SMILES string of the molecule is CCCCCCCCCCO[C@H]1O[C@@H]([C@H](O)CO)[C@H](O)[C@H]1O. The molecule has 132 valence electrons. The molecule has 0 aromatic rings. The lowest BCUT2D eigenvalue weighted by Crippen LogP contribution is -2.40. The number of hydrogen-bond donors (Lipinski definition) is 4. The Morgan fingerprint density at radius 3 is 2.14 bits per heavy atom. The number of hydrogen-bond acceptors (Lipinski definition) is 6. The second kappa shape index (κ2) is 11.3. The molecule has 4 N–H and O–H groups in total. The molecule has 22 heavy (non-hydrogen) atoms. The topological polar surface area (TPSA) is 99.4 Å².